The minimum atomic E-state index is -1.80. The molecule has 1 spiro atoms. The number of hydrogen-bond acceptors (Lipinski definition) is 14. The molecule has 14 atom stereocenters. The molecule has 0 bridgehead atoms. The van der Waals surface area contributed by atoms with Crippen molar-refractivity contribution in [2.24, 2.45) is 17.3 Å². The molecule has 0 amide bonds. The number of carbonyl (C=O) groups excluding carboxylic acids is 2. The lowest BCUT2D eigenvalue weighted by atomic mass is 9.61. The molecule has 0 aromatic heterocycles. The van der Waals surface area contributed by atoms with Gasteiger partial charge in [0.05, 0.1) is 13.2 Å². The van der Waals surface area contributed by atoms with Crippen LogP contribution in [0.4, 0.5) is 0 Å². The number of epoxide rings is 1. The molecular weight excluding hydrogens is 728 g/mol. The van der Waals surface area contributed by atoms with Crippen LogP contribution in [-0.4, -0.2) is 134 Å². The van der Waals surface area contributed by atoms with Crippen molar-refractivity contribution in [2.75, 3.05) is 13.2 Å². The molecular formula is C42H62O14. The Labute approximate surface area is 329 Å². The minimum Gasteiger partial charge on any atom is -0.429 e. The number of hydrogen-bond donors (Lipinski definition) is 7. The molecule has 14 heteroatoms. The number of ketones is 1. The van der Waals surface area contributed by atoms with E-state index in [2.05, 4.69) is 20.8 Å². The van der Waals surface area contributed by atoms with Crippen LogP contribution in [0, 0.1) is 17.3 Å². The number of aliphatic hydroxyl groups excluding tert-OH is 7. The Hall–Kier alpha value is -2.86. The molecule has 3 aliphatic heterocycles. The maximum absolute atomic E-state index is 13.2. The van der Waals surface area contributed by atoms with E-state index < -0.39 is 80.6 Å². The molecule has 4 unspecified atom stereocenters. The van der Waals surface area contributed by atoms with Crippen molar-refractivity contribution in [3.63, 3.8) is 0 Å². The molecule has 4 rings (SSSR count). The monoisotopic (exact) mass is 790 g/mol. The quantitative estimate of drug-likeness (QED) is 0.0547. The Morgan fingerprint density at radius 1 is 0.804 bits per heavy atom. The van der Waals surface area contributed by atoms with Crippen molar-refractivity contribution in [3.8, 4) is 0 Å². The summed E-state index contributed by atoms with van der Waals surface area (Å²) in [6, 6.07) is 0. The molecule has 0 radical (unpaired) electrons. The minimum absolute atomic E-state index is 0.00418. The van der Waals surface area contributed by atoms with E-state index in [1.54, 1.807) is 12.2 Å². The summed E-state index contributed by atoms with van der Waals surface area (Å²) in [5.74, 6) is -0.408. The second kappa shape index (κ2) is 19.7. The van der Waals surface area contributed by atoms with Crippen LogP contribution in [0.2, 0.25) is 0 Å². The molecule has 1 saturated carbocycles. The summed E-state index contributed by atoms with van der Waals surface area (Å²) in [6.45, 7) is 12.8. The summed E-state index contributed by atoms with van der Waals surface area (Å²) in [5, 5.41) is 70.7. The Balaban J connectivity index is 1.22. The predicted octanol–water partition coefficient (Wildman–Crippen LogP) is 2.24. The van der Waals surface area contributed by atoms with Gasteiger partial charge in [-0.3, -0.25) is 4.79 Å². The predicted molar refractivity (Wildman–Crippen MR) is 204 cm³/mol. The standard InChI is InChI=1S/C42H62O14/c1-23(15-10-17-25(3)30(44)37-42(56-37)27(5)19-12-20-41(42,6)7)13-8-9-14-24(2)16-11-18-26(4)38(51)55-40-36(50)34(48)32(46)29(54-40)22-52-39-35(49)33(47)31(45)28(21-43)53-39/h8-11,13-16,18,25,27-29,31-37,39-40,43,45-50H,12,17,19-22H2,1-7H3/b9-8+,15-10+,16-11+,23-13+,24-14+,26-18+/t25?,27?,28-,29-,31-,32-,33+,34+,35-,36-,37?,39-,40+,42?/m1/s1. The number of aliphatic hydroxyl groups is 7. The third-order valence-corrected chi connectivity index (χ3v) is 11.5. The largest absolute Gasteiger partial charge is 0.429 e. The van der Waals surface area contributed by atoms with Gasteiger partial charge in [0.1, 0.15) is 60.5 Å². The summed E-state index contributed by atoms with van der Waals surface area (Å²) in [7, 11) is 0. The van der Waals surface area contributed by atoms with Crippen LogP contribution in [-0.2, 0) is 33.3 Å². The Bertz CT molecular complexity index is 1540. The zero-order chi connectivity index (χ0) is 41.5. The number of rotatable bonds is 15. The van der Waals surface area contributed by atoms with Crippen molar-refractivity contribution in [1.82, 2.24) is 0 Å². The van der Waals surface area contributed by atoms with Gasteiger partial charge in [-0.25, -0.2) is 4.79 Å². The fourth-order valence-corrected chi connectivity index (χ4v) is 7.76. The Morgan fingerprint density at radius 2 is 1.39 bits per heavy atom. The van der Waals surface area contributed by atoms with Crippen LogP contribution >= 0.6 is 0 Å². The molecule has 314 valence electrons. The Kier molecular flexibility index (Phi) is 16.1. The van der Waals surface area contributed by atoms with Crippen molar-refractivity contribution in [2.45, 2.75) is 147 Å². The van der Waals surface area contributed by atoms with Gasteiger partial charge in [-0.15, -0.1) is 0 Å². The summed E-state index contributed by atoms with van der Waals surface area (Å²) in [6.07, 6.45) is 4.16. The highest BCUT2D eigenvalue weighted by Gasteiger charge is 2.71. The van der Waals surface area contributed by atoms with Crippen LogP contribution in [0.3, 0.4) is 0 Å². The molecule has 4 aliphatic rings. The van der Waals surface area contributed by atoms with Crippen LogP contribution in [0.25, 0.3) is 0 Å². The lowest BCUT2D eigenvalue weighted by molar-refractivity contribution is -0.326. The third kappa shape index (κ3) is 10.6. The van der Waals surface area contributed by atoms with Crippen molar-refractivity contribution in [3.05, 3.63) is 71.4 Å². The fourth-order valence-electron chi connectivity index (χ4n) is 7.76. The van der Waals surface area contributed by atoms with Gasteiger partial charge in [-0.05, 0) is 51.4 Å². The summed E-state index contributed by atoms with van der Waals surface area (Å²) in [4.78, 5) is 26.0. The van der Waals surface area contributed by atoms with Crippen molar-refractivity contribution >= 4 is 11.8 Å². The van der Waals surface area contributed by atoms with Gasteiger partial charge in [0.15, 0.2) is 12.1 Å². The molecule has 3 saturated heterocycles. The highest BCUT2D eigenvalue weighted by molar-refractivity contribution is 5.89. The average Bonchev–Trinajstić information content (AvgIpc) is 3.92. The van der Waals surface area contributed by atoms with E-state index in [1.165, 1.54) is 19.4 Å². The normalized spacial score (nSPS) is 38.8. The van der Waals surface area contributed by atoms with E-state index in [-0.39, 0.29) is 34.4 Å². The highest BCUT2D eigenvalue weighted by atomic mass is 16.7. The summed E-state index contributed by atoms with van der Waals surface area (Å²) in [5.41, 5.74) is 1.75. The lowest BCUT2D eigenvalue weighted by Crippen LogP contribution is -2.61. The lowest BCUT2D eigenvalue weighted by Gasteiger charge is -2.42. The van der Waals surface area contributed by atoms with E-state index >= 15 is 0 Å². The van der Waals surface area contributed by atoms with Gasteiger partial charge < -0.3 is 59.4 Å². The van der Waals surface area contributed by atoms with Crippen LogP contribution < -0.4 is 0 Å². The molecule has 0 aromatic carbocycles. The smallest absolute Gasteiger partial charge is 0.336 e. The maximum atomic E-state index is 13.2. The topological polar surface area (TPSA) is 225 Å². The van der Waals surface area contributed by atoms with Gasteiger partial charge in [0.2, 0.25) is 6.29 Å². The van der Waals surface area contributed by atoms with E-state index in [9.17, 15) is 45.3 Å². The first kappa shape index (κ1) is 45.8. The van der Waals surface area contributed by atoms with Crippen LogP contribution in [0.15, 0.2) is 71.4 Å². The van der Waals surface area contributed by atoms with Gasteiger partial charge >= 0.3 is 5.97 Å². The SMILES string of the molecule is CC(/C=C/C=C(\C)C(=O)O[C@@H]1O[C@H](CO[C@@H]2O[C@H](CO)[C@@H](O)[C@H](O)[C@H]2O)[C@@H](O)[C@H](O)[C@H]1O)=C\C=C\C=C(C)\C=C\CC(C)C(=O)C1OC12C(C)CCCC2(C)C. The first-order valence-corrected chi connectivity index (χ1v) is 19.4. The second-order valence-electron chi connectivity index (χ2n) is 16.3. The summed E-state index contributed by atoms with van der Waals surface area (Å²) >= 11 is 0. The molecule has 56 heavy (non-hydrogen) atoms. The number of Topliss-reactive ketones (excluding diaryl/α,β-unsaturated/α-hetero) is 1. The van der Waals surface area contributed by atoms with E-state index in [4.69, 9.17) is 23.7 Å². The molecule has 7 N–H and O–H groups in total. The van der Waals surface area contributed by atoms with Gasteiger partial charge in [-0.1, -0.05) is 99.9 Å². The fraction of sp³-hybridized carbons (Fsp3) is 0.667. The molecule has 3 heterocycles. The third-order valence-electron chi connectivity index (χ3n) is 11.5. The average molecular weight is 791 g/mol. The first-order valence-electron chi connectivity index (χ1n) is 19.4. The zero-order valence-electron chi connectivity index (χ0n) is 33.4. The number of allylic oxidation sites excluding steroid dienone is 11. The van der Waals surface area contributed by atoms with Crippen molar-refractivity contribution in [1.29, 1.82) is 0 Å². The molecule has 4 fully saturated rings. The van der Waals surface area contributed by atoms with Crippen molar-refractivity contribution < 1.29 is 69.0 Å². The van der Waals surface area contributed by atoms with E-state index in [1.807, 2.05) is 57.2 Å². The van der Waals surface area contributed by atoms with Gasteiger partial charge in [-0.2, -0.15) is 0 Å². The van der Waals surface area contributed by atoms with Crippen LogP contribution in [0.1, 0.15) is 74.1 Å². The molecule has 0 aromatic rings. The molecule has 1 aliphatic carbocycles. The maximum Gasteiger partial charge on any atom is 0.336 e. The van der Waals surface area contributed by atoms with E-state index in [0.29, 0.717) is 12.3 Å². The number of esters is 1. The number of carbonyl (C=O) groups is 2. The second-order valence-corrected chi connectivity index (χ2v) is 16.3. The van der Waals surface area contributed by atoms with E-state index in [0.717, 1.165) is 24.0 Å². The van der Waals surface area contributed by atoms with Gasteiger partial charge in [0, 0.05) is 11.5 Å². The Morgan fingerprint density at radius 3 is 2.02 bits per heavy atom. The van der Waals surface area contributed by atoms with Crippen LogP contribution in [0.5, 0.6) is 0 Å². The highest BCUT2D eigenvalue weighted by Crippen LogP contribution is 2.61. The summed E-state index contributed by atoms with van der Waals surface area (Å²) < 4.78 is 27.6. The van der Waals surface area contributed by atoms with Gasteiger partial charge in [0.25, 0.3) is 0 Å². The zero-order valence-corrected chi connectivity index (χ0v) is 33.4. The number of ether oxygens (including phenoxy) is 5. The molecule has 14 nitrogen and oxygen atoms in total. The first-order chi connectivity index (χ1) is 26.4.